The molecule has 18 heavy (non-hydrogen) atoms. The first-order valence-corrected chi connectivity index (χ1v) is 7.46. The molecule has 0 unspecified atom stereocenters. The Hall–Kier alpha value is -0.550. The third-order valence-corrected chi connectivity index (χ3v) is 5.66. The van der Waals surface area contributed by atoms with Crippen molar-refractivity contribution in [2.75, 3.05) is 0 Å². The molecule has 1 N–H and O–H groups in total. The van der Waals surface area contributed by atoms with Gasteiger partial charge in [0.1, 0.15) is 0 Å². The van der Waals surface area contributed by atoms with Crippen molar-refractivity contribution >= 4 is 0 Å². The summed E-state index contributed by atoms with van der Waals surface area (Å²) in [6, 6.07) is 2.53. The number of nitrogens with zero attached hydrogens (tertiary/aromatic N) is 1. The van der Waals surface area contributed by atoms with E-state index in [4.69, 9.17) is 0 Å². The Kier molecular flexibility index (Phi) is 3.49. The molecule has 0 aromatic carbocycles. The molecule has 0 aromatic heterocycles. The van der Waals surface area contributed by atoms with Crippen LogP contribution < -0.4 is 0 Å². The van der Waals surface area contributed by atoms with Gasteiger partial charge in [-0.15, -0.1) is 0 Å². The third kappa shape index (κ3) is 2.30. The van der Waals surface area contributed by atoms with Crippen molar-refractivity contribution < 1.29 is 5.11 Å². The van der Waals surface area contributed by atoms with Gasteiger partial charge in [-0.05, 0) is 62.7 Å². The largest absolute Gasteiger partial charge is 0.388 e. The van der Waals surface area contributed by atoms with Crippen molar-refractivity contribution in [3.63, 3.8) is 0 Å². The van der Waals surface area contributed by atoms with E-state index in [1.165, 1.54) is 0 Å². The van der Waals surface area contributed by atoms with Crippen LogP contribution in [0.5, 0.6) is 0 Å². The summed E-state index contributed by atoms with van der Waals surface area (Å²) in [7, 11) is 0. The van der Waals surface area contributed by atoms with E-state index < -0.39 is 11.0 Å². The Morgan fingerprint density at radius 2 is 1.50 bits per heavy atom. The van der Waals surface area contributed by atoms with Crippen molar-refractivity contribution in [1.29, 1.82) is 5.26 Å². The van der Waals surface area contributed by atoms with Gasteiger partial charge in [-0.2, -0.15) is 5.26 Å². The Labute approximate surface area is 111 Å². The van der Waals surface area contributed by atoms with E-state index >= 15 is 0 Å². The van der Waals surface area contributed by atoms with Gasteiger partial charge in [0.2, 0.25) is 0 Å². The molecule has 2 saturated carbocycles. The summed E-state index contributed by atoms with van der Waals surface area (Å²) in [5.41, 5.74) is -0.849. The van der Waals surface area contributed by atoms with E-state index in [1.807, 2.05) is 0 Å². The van der Waals surface area contributed by atoms with E-state index in [-0.39, 0.29) is 0 Å². The molecule has 0 aliphatic heterocycles. The molecule has 2 aliphatic rings. The van der Waals surface area contributed by atoms with E-state index in [9.17, 15) is 10.4 Å². The fourth-order valence-electron chi connectivity index (χ4n) is 3.76. The SMILES string of the molecule is CC1CCC(C#N)(C2(O)CCC(C)(C)CC2)CC1. The average Bonchev–Trinajstić information content (AvgIpc) is 2.35. The monoisotopic (exact) mass is 249 g/mol. The molecule has 0 amide bonds. The number of hydrogen-bond acceptors (Lipinski definition) is 2. The van der Waals surface area contributed by atoms with Crippen LogP contribution in [-0.2, 0) is 0 Å². The number of hydrogen-bond donors (Lipinski definition) is 1. The van der Waals surface area contributed by atoms with E-state index in [0.717, 1.165) is 57.3 Å². The highest BCUT2D eigenvalue weighted by atomic mass is 16.3. The minimum atomic E-state index is -0.725. The summed E-state index contributed by atoms with van der Waals surface area (Å²) in [5, 5.41) is 20.7. The standard InChI is InChI=1S/C16H27NO/c1-13-4-6-15(12-17,7-5-13)16(18)10-8-14(2,3)9-11-16/h13,18H,4-11H2,1-3H3. The highest BCUT2D eigenvalue weighted by molar-refractivity contribution is 5.14. The second kappa shape index (κ2) is 4.53. The molecule has 0 heterocycles. The maximum atomic E-state index is 11.0. The second-order valence-corrected chi connectivity index (χ2v) is 7.57. The molecule has 0 bridgehead atoms. The summed E-state index contributed by atoms with van der Waals surface area (Å²) in [6.45, 7) is 6.80. The molecule has 2 heteroatoms. The van der Waals surface area contributed by atoms with Gasteiger partial charge >= 0.3 is 0 Å². The summed E-state index contributed by atoms with van der Waals surface area (Å²) >= 11 is 0. The normalized spacial score (nSPS) is 38.9. The minimum Gasteiger partial charge on any atom is -0.388 e. The minimum absolute atomic E-state index is 0.338. The summed E-state index contributed by atoms with van der Waals surface area (Å²) < 4.78 is 0. The lowest BCUT2D eigenvalue weighted by atomic mass is 9.55. The maximum Gasteiger partial charge on any atom is 0.0860 e. The summed E-state index contributed by atoms with van der Waals surface area (Å²) in [6.07, 6.45) is 7.68. The fraction of sp³-hybridized carbons (Fsp3) is 0.938. The topological polar surface area (TPSA) is 44.0 Å². The van der Waals surface area contributed by atoms with Crippen molar-refractivity contribution in [3.8, 4) is 6.07 Å². The van der Waals surface area contributed by atoms with Crippen LogP contribution >= 0.6 is 0 Å². The first-order valence-electron chi connectivity index (χ1n) is 7.46. The van der Waals surface area contributed by atoms with Crippen molar-refractivity contribution in [2.45, 2.75) is 77.7 Å². The lowest BCUT2D eigenvalue weighted by Gasteiger charge is -2.51. The van der Waals surface area contributed by atoms with Gasteiger partial charge in [-0.25, -0.2) is 0 Å². The van der Waals surface area contributed by atoms with E-state index in [2.05, 4.69) is 26.8 Å². The molecule has 2 nitrogen and oxygen atoms in total. The van der Waals surface area contributed by atoms with Gasteiger partial charge in [-0.3, -0.25) is 0 Å². The zero-order chi connectivity index (χ0) is 13.4. The lowest BCUT2D eigenvalue weighted by Crippen LogP contribution is -2.52. The number of aliphatic hydroxyl groups is 1. The first kappa shape index (κ1) is 13.9. The van der Waals surface area contributed by atoms with Gasteiger partial charge in [0.25, 0.3) is 0 Å². The number of rotatable bonds is 1. The maximum absolute atomic E-state index is 11.0. The molecule has 2 aliphatic carbocycles. The Morgan fingerprint density at radius 3 is 1.94 bits per heavy atom. The van der Waals surface area contributed by atoms with Gasteiger partial charge in [-0.1, -0.05) is 20.8 Å². The molecule has 0 radical (unpaired) electrons. The van der Waals surface area contributed by atoms with Crippen molar-refractivity contribution in [2.24, 2.45) is 16.7 Å². The van der Waals surface area contributed by atoms with Gasteiger partial charge in [0, 0.05) is 0 Å². The van der Waals surface area contributed by atoms with Gasteiger partial charge < -0.3 is 5.11 Å². The molecule has 0 spiro atoms. The molecule has 102 valence electrons. The van der Waals surface area contributed by atoms with Crippen LogP contribution in [0, 0.1) is 28.1 Å². The Morgan fingerprint density at radius 1 is 1.00 bits per heavy atom. The first-order chi connectivity index (χ1) is 8.33. The molecule has 0 aromatic rings. The molecular formula is C16H27NO. The fourth-order valence-corrected chi connectivity index (χ4v) is 3.76. The zero-order valence-electron chi connectivity index (χ0n) is 12.1. The van der Waals surface area contributed by atoms with Crippen LogP contribution in [0.4, 0.5) is 0 Å². The summed E-state index contributed by atoms with van der Waals surface area (Å²) in [5.74, 6) is 0.718. The number of nitriles is 1. The van der Waals surface area contributed by atoms with Gasteiger partial charge in [0.05, 0.1) is 17.1 Å². The van der Waals surface area contributed by atoms with Crippen molar-refractivity contribution in [1.82, 2.24) is 0 Å². The van der Waals surface area contributed by atoms with Crippen molar-refractivity contribution in [3.05, 3.63) is 0 Å². The van der Waals surface area contributed by atoms with Crippen LogP contribution in [0.25, 0.3) is 0 Å². The smallest absolute Gasteiger partial charge is 0.0860 e. The molecular weight excluding hydrogens is 222 g/mol. The lowest BCUT2D eigenvalue weighted by molar-refractivity contribution is -0.117. The molecule has 0 saturated heterocycles. The van der Waals surface area contributed by atoms with Gasteiger partial charge in [0.15, 0.2) is 0 Å². The highest BCUT2D eigenvalue weighted by Crippen LogP contribution is 2.54. The Balaban J connectivity index is 2.16. The zero-order valence-corrected chi connectivity index (χ0v) is 12.1. The van der Waals surface area contributed by atoms with Crippen LogP contribution in [0.3, 0.4) is 0 Å². The molecule has 0 atom stereocenters. The average molecular weight is 249 g/mol. The third-order valence-electron chi connectivity index (χ3n) is 5.66. The Bertz CT molecular complexity index is 335. The van der Waals surface area contributed by atoms with E-state index in [0.29, 0.717) is 5.41 Å². The highest BCUT2D eigenvalue weighted by Gasteiger charge is 2.53. The molecule has 2 fully saturated rings. The van der Waals surface area contributed by atoms with E-state index in [1.54, 1.807) is 0 Å². The van der Waals surface area contributed by atoms with Crippen LogP contribution in [0.2, 0.25) is 0 Å². The predicted octanol–water partition coefficient (Wildman–Crippen LogP) is 4.04. The van der Waals surface area contributed by atoms with Crippen LogP contribution in [0.1, 0.15) is 72.1 Å². The van der Waals surface area contributed by atoms with Crippen LogP contribution in [-0.4, -0.2) is 10.7 Å². The van der Waals surface area contributed by atoms with Crippen LogP contribution in [0.15, 0.2) is 0 Å². The molecule has 2 rings (SSSR count). The predicted molar refractivity (Wildman–Crippen MR) is 72.9 cm³/mol. The summed E-state index contributed by atoms with van der Waals surface area (Å²) in [4.78, 5) is 0. The quantitative estimate of drug-likeness (QED) is 0.762. The second-order valence-electron chi connectivity index (χ2n) is 7.57.